The molecule has 3 heterocycles. The molecule has 8 heteroatoms. The highest BCUT2D eigenvalue weighted by Crippen LogP contribution is 2.15. The Morgan fingerprint density at radius 3 is 2.85 bits per heavy atom. The van der Waals surface area contributed by atoms with Crippen molar-refractivity contribution in [2.24, 2.45) is 0 Å². The molecule has 0 unspecified atom stereocenters. The van der Waals surface area contributed by atoms with Gasteiger partial charge in [-0.25, -0.2) is 9.20 Å². The van der Waals surface area contributed by atoms with E-state index >= 15 is 0 Å². The Morgan fingerprint density at radius 1 is 1.23 bits per heavy atom. The summed E-state index contributed by atoms with van der Waals surface area (Å²) in [4.78, 5) is 16.4. The van der Waals surface area contributed by atoms with E-state index in [1.165, 1.54) is 0 Å². The number of rotatable bonds is 5. The Kier molecular flexibility index (Phi) is 4.06. The number of ether oxygens (including phenoxy) is 1. The molecule has 0 bridgehead atoms. The van der Waals surface area contributed by atoms with Crippen molar-refractivity contribution < 1.29 is 9.53 Å². The van der Waals surface area contributed by atoms with Crippen LogP contribution >= 0.6 is 0 Å². The van der Waals surface area contributed by atoms with E-state index < -0.39 is 0 Å². The highest BCUT2D eigenvalue weighted by atomic mass is 16.5. The summed E-state index contributed by atoms with van der Waals surface area (Å²) in [6.07, 6.45) is 5.36. The average Bonchev–Trinajstić information content (AvgIpc) is 3.30. The molecule has 8 nitrogen and oxygen atoms in total. The van der Waals surface area contributed by atoms with Gasteiger partial charge in [-0.05, 0) is 36.8 Å². The Morgan fingerprint density at radius 2 is 2.08 bits per heavy atom. The van der Waals surface area contributed by atoms with Crippen molar-refractivity contribution in [1.29, 1.82) is 0 Å². The third-order valence-electron chi connectivity index (χ3n) is 3.74. The summed E-state index contributed by atoms with van der Waals surface area (Å²) in [5, 5.41) is 11.2. The number of anilines is 1. The lowest BCUT2D eigenvalue weighted by Crippen LogP contribution is -2.20. The maximum absolute atomic E-state index is 12.1. The number of nitrogens with zero attached hydrogens (tertiary/aromatic N) is 5. The largest absolute Gasteiger partial charge is 0.484 e. The van der Waals surface area contributed by atoms with Crippen molar-refractivity contribution >= 4 is 17.5 Å². The fourth-order valence-corrected chi connectivity index (χ4v) is 2.56. The number of aromatic nitrogens is 5. The van der Waals surface area contributed by atoms with Crippen LogP contribution in [-0.4, -0.2) is 36.9 Å². The lowest BCUT2D eigenvalue weighted by molar-refractivity contribution is -0.118. The van der Waals surface area contributed by atoms with Crippen LogP contribution in [0.1, 0.15) is 5.56 Å². The van der Waals surface area contributed by atoms with Gasteiger partial charge in [0.05, 0.1) is 11.9 Å². The van der Waals surface area contributed by atoms with Gasteiger partial charge in [-0.1, -0.05) is 18.2 Å². The maximum atomic E-state index is 12.1. The molecule has 3 aromatic heterocycles. The van der Waals surface area contributed by atoms with Gasteiger partial charge in [-0.2, -0.15) is 10.1 Å². The number of hydrogen-bond acceptors (Lipinski definition) is 5. The van der Waals surface area contributed by atoms with Crippen LogP contribution in [0.5, 0.6) is 5.75 Å². The quantitative estimate of drug-likeness (QED) is 0.598. The molecular formula is C18H16N6O2. The van der Waals surface area contributed by atoms with E-state index in [9.17, 15) is 4.79 Å². The molecule has 1 amide bonds. The Labute approximate surface area is 149 Å². The SMILES string of the molecule is Cc1cc(-n2cccn2)cn2nc(NC(=O)COc3ccccc3)nc12. The molecule has 4 rings (SSSR count). The first-order chi connectivity index (χ1) is 12.7. The monoisotopic (exact) mass is 348 g/mol. The van der Waals surface area contributed by atoms with E-state index in [2.05, 4.69) is 20.5 Å². The van der Waals surface area contributed by atoms with Crippen molar-refractivity contribution in [3.05, 3.63) is 66.6 Å². The van der Waals surface area contributed by atoms with Gasteiger partial charge in [-0.3, -0.25) is 10.1 Å². The number of nitrogens with one attached hydrogen (secondary N) is 1. The molecule has 0 atom stereocenters. The zero-order valence-electron chi connectivity index (χ0n) is 14.0. The lowest BCUT2D eigenvalue weighted by Gasteiger charge is -2.04. The minimum absolute atomic E-state index is 0.114. The first-order valence-electron chi connectivity index (χ1n) is 8.04. The predicted molar refractivity (Wildman–Crippen MR) is 95.4 cm³/mol. The summed E-state index contributed by atoms with van der Waals surface area (Å²) >= 11 is 0. The minimum Gasteiger partial charge on any atom is -0.484 e. The van der Waals surface area contributed by atoms with Crippen LogP contribution in [0.3, 0.4) is 0 Å². The summed E-state index contributed by atoms with van der Waals surface area (Å²) in [6, 6.07) is 13.0. The van der Waals surface area contributed by atoms with E-state index in [4.69, 9.17) is 4.74 Å². The van der Waals surface area contributed by atoms with Crippen LogP contribution in [0.2, 0.25) is 0 Å². The first-order valence-corrected chi connectivity index (χ1v) is 8.04. The second-order valence-electron chi connectivity index (χ2n) is 5.69. The van der Waals surface area contributed by atoms with Crippen LogP contribution in [0, 0.1) is 6.92 Å². The molecular weight excluding hydrogens is 332 g/mol. The second kappa shape index (κ2) is 6.67. The number of amides is 1. The van der Waals surface area contributed by atoms with Gasteiger partial charge >= 0.3 is 0 Å². The molecule has 0 aliphatic rings. The summed E-state index contributed by atoms with van der Waals surface area (Å²) < 4.78 is 8.78. The highest BCUT2D eigenvalue weighted by Gasteiger charge is 2.11. The average molecular weight is 348 g/mol. The lowest BCUT2D eigenvalue weighted by atomic mass is 10.3. The Bertz CT molecular complexity index is 1040. The van der Waals surface area contributed by atoms with Crippen LogP contribution in [0.25, 0.3) is 11.3 Å². The highest BCUT2D eigenvalue weighted by molar-refractivity contribution is 5.90. The number of carbonyl (C=O) groups is 1. The normalized spacial score (nSPS) is 10.8. The molecule has 0 aliphatic heterocycles. The molecule has 0 saturated heterocycles. The molecule has 130 valence electrons. The fraction of sp³-hybridized carbons (Fsp3) is 0.111. The van der Waals surface area contributed by atoms with Crippen molar-refractivity contribution in [2.75, 3.05) is 11.9 Å². The van der Waals surface area contributed by atoms with Gasteiger partial charge in [0.2, 0.25) is 5.95 Å². The molecule has 26 heavy (non-hydrogen) atoms. The summed E-state index contributed by atoms with van der Waals surface area (Å²) in [5.41, 5.74) is 2.45. The summed E-state index contributed by atoms with van der Waals surface area (Å²) in [5.74, 6) is 0.535. The van der Waals surface area contributed by atoms with Crippen LogP contribution < -0.4 is 10.1 Å². The fourth-order valence-electron chi connectivity index (χ4n) is 2.56. The summed E-state index contributed by atoms with van der Waals surface area (Å²) in [7, 11) is 0. The summed E-state index contributed by atoms with van der Waals surface area (Å²) in [6.45, 7) is 1.82. The van der Waals surface area contributed by atoms with Crippen molar-refractivity contribution in [2.45, 2.75) is 6.92 Å². The third-order valence-corrected chi connectivity index (χ3v) is 3.74. The molecule has 1 N–H and O–H groups in total. The molecule has 0 fully saturated rings. The number of aryl methyl sites for hydroxylation is 1. The number of carbonyl (C=O) groups excluding carboxylic acids is 1. The van der Waals surface area contributed by atoms with E-state index in [1.807, 2.05) is 43.5 Å². The van der Waals surface area contributed by atoms with Gasteiger partial charge in [-0.15, -0.1) is 5.10 Å². The van der Waals surface area contributed by atoms with Crippen LogP contribution in [-0.2, 0) is 4.79 Å². The Balaban J connectivity index is 1.50. The maximum Gasteiger partial charge on any atom is 0.264 e. The first kappa shape index (κ1) is 15.8. The molecule has 0 spiro atoms. The van der Waals surface area contributed by atoms with E-state index in [1.54, 1.807) is 33.7 Å². The number of para-hydroxylation sites is 1. The zero-order valence-corrected chi connectivity index (χ0v) is 14.0. The van der Waals surface area contributed by atoms with Gasteiger partial charge in [0.15, 0.2) is 12.3 Å². The molecule has 4 aromatic rings. The van der Waals surface area contributed by atoms with E-state index in [-0.39, 0.29) is 18.5 Å². The third kappa shape index (κ3) is 3.25. The van der Waals surface area contributed by atoms with E-state index in [0.717, 1.165) is 11.3 Å². The van der Waals surface area contributed by atoms with E-state index in [0.29, 0.717) is 11.4 Å². The standard InChI is InChI=1S/C18H16N6O2/c1-13-10-14(23-9-5-8-19-23)11-24-17(13)21-18(22-24)20-16(25)12-26-15-6-3-2-4-7-15/h2-11H,12H2,1H3,(H,20,22,25). The van der Waals surface area contributed by atoms with Gasteiger partial charge in [0.1, 0.15) is 5.75 Å². The Hall–Kier alpha value is -3.68. The van der Waals surface area contributed by atoms with Gasteiger partial charge < -0.3 is 4.74 Å². The number of hydrogen-bond donors (Lipinski definition) is 1. The molecule has 1 aromatic carbocycles. The molecule has 0 saturated carbocycles. The zero-order chi connectivity index (χ0) is 17.9. The molecule has 0 radical (unpaired) electrons. The van der Waals surface area contributed by atoms with Gasteiger partial charge in [0, 0.05) is 12.4 Å². The number of pyridine rings is 1. The van der Waals surface area contributed by atoms with Gasteiger partial charge in [0.25, 0.3) is 5.91 Å². The van der Waals surface area contributed by atoms with Crippen molar-refractivity contribution in [3.63, 3.8) is 0 Å². The number of fused-ring (bicyclic) bond motifs is 1. The second-order valence-corrected chi connectivity index (χ2v) is 5.69. The van der Waals surface area contributed by atoms with Crippen molar-refractivity contribution in [3.8, 4) is 11.4 Å². The van der Waals surface area contributed by atoms with Crippen molar-refractivity contribution in [1.82, 2.24) is 24.4 Å². The topological polar surface area (TPSA) is 86.3 Å². The minimum atomic E-state index is -0.324. The molecule has 0 aliphatic carbocycles. The number of benzene rings is 1. The van der Waals surface area contributed by atoms with Crippen LogP contribution in [0.4, 0.5) is 5.95 Å². The van der Waals surface area contributed by atoms with Crippen LogP contribution in [0.15, 0.2) is 61.1 Å². The predicted octanol–water partition coefficient (Wildman–Crippen LogP) is 2.24. The smallest absolute Gasteiger partial charge is 0.264 e.